The normalized spacial score (nSPS) is 14.3. The summed E-state index contributed by atoms with van der Waals surface area (Å²) in [4.78, 5) is 28.1. The SMILES string of the molecule is CC[C@@H](C)NC(=O)[C@H](CC)N(CCc1ccccc1)C(=O)CCc1ccc2c(c1)OCCO2. The van der Waals surface area contributed by atoms with Crippen molar-refractivity contribution in [1.29, 1.82) is 0 Å². The zero-order chi connectivity index (χ0) is 23.6. The molecule has 0 unspecified atom stereocenters. The average molecular weight is 453 g/mol. The summed E-state index contributed by atoms with van der Waals surface area (Å²) >= 11 is 0. The van der Waals surface area contributed by atoms with Gasteiger partial charge in [0.1, 0.15) is 19.3 Å². The predicted octanol–water partition coefficient (Wildman–Crippen LogP) is 4.16. The number of aryl methyl sites for hydroxylation is 1. The smallest absolute Gasteiger partial charge is 0.243 e. The molecule has 0 bridgehead atoms. The Morgan fingerprint density at radius 3 is 2.36 bits per heavy atom. The third kappa shape index (κ3) is 6.98. The zero-order valence-corrected chi connectivity index (χ0v) is 20.0. The highest BCUT2D eigenvalue weighted by Gasteiger charge is 2.28. The molecule has 6 nitrogen and oxygen atoms in total. The molecule has 0 spiro atoms. The van der Waals surface area contributed by atoms with Crippen LogP contribution in [0.15, 0.2) is 48.5 Å². The molecule has 33 heavy (non-hydrogen) atoms. The maximum absolute atomic E-state index is 13.4. The number of nitrogens with one attached hydrogen (secondary N) is 1. The van der Waals surface area contributed by atoms with E-state index < -0.39 is 6.04 Å². The van der Waals surface area contributed by atoms with Crippen molar-refractivity contribution in [2.75, 3.05) is 19.8 Å². The van der Waals surface area contributed by atoms with E-state index in [9.17, 15) is 9.59 Å². The molecular formula is C27H36N2O4. The summed E-state index contributed by atoms with van der Waals surface area (Å²) in [5.41, 5.74) is 2.17. The molecule has 1 aliphatic heterocycles. The molecule has 6 heteroatoms. The number of amides is 2. The Morgan fingerprint density at radius 1 is 0.939 bits per heavy atom. The third-order valence-corrected chi connectivity index (χ3v) is 6.11. The van der Waals surface area contributed by atoms with E-state index in [4.69, 9.17) is 9.47 Å². The summed E-state index contributed by atoms with van der Waals surface area (Å²) in [6, 6.07) is 15.5. The number of hydrogen-bond donors (Lipinski definition) is 1. The second kappa shape index (κ2) is 12.3. The molecule has 2 aromatic carbocycles. The van der Waals surface area contributed by atoms with Gasteiger partial charge >= 0.3 is 0 Å². The fourth-order valence-electron chi connectivity index (χ4n) is 3.98. The first-order valence-electron chi connectivity index (χ1n) is 12.0. The summed E-state index contributed by atoms with van der Waals surface area (Å²) in [6.07, 6.45) is 3.06. The van der Waals surface area contributed by atoms with Crippen LogP contribution in [0, 0.1) is 0 Å². The van der Waals surface area contributed by atoms with Crippen molar-refractivity contribution in [2.24, 2.45) is 0 Å². The fourth-order valence-corrected chi connectivity index (χ4v) is 3.98. The van der Waals surface area contributed by atoms with Gasteiger partial charge in [0.2, 0.25) is 11.8 Å². The molecule has 2 atom stereocenters. The Kier molecular flexibility index (Phi) is 9.16. The molecule has 0 radical (unpaired) electrons. The van der Waals surface area contributed by atoms with Gasteiger partial charge in [0.15, 0.2) is 11.5 Å². The maximum Gasteiger partial charge on any atom is 0.243 e. The van der Waals surface area contributed by atoms with Crippen LogP contribution in [-0.4, -0.2) is 48.6 Å². The Morgan fingerprint density at radius 2 is 1.67 bits per heavy atom. The first-order valence-corrected chi connectivity index (χ1v) is 12.0. The highest BCUT2D eigenvalue weighted by Crippen LogP contribution is 2.31. The van der Waals surface area contributed by atoms with E-state index in [0.717, 1.165) is 29.0 Å². The Bertz CT molecular complexity index is 916. The molecule has 2 amide bonds. The van der Waals surface area contributed by atoms with Crippen LogP contribution < -0.4 is 14.8 Å². The quantitative estimate of drug-likeness (QED) is 0.556. The Labute approximate surface area is 197 Å². The third-order valence-electron chi connectivity index (χ3n) is 6.11. The molecule has 3 rings (SSSR count). The van der Waals surface area contributed by atoms with Gasteiger partial charge in [-0.15, -0.1) is 0 Å². The van der Waals surface area contributed by atoms with Crippen molar-refractivity contribution in [3.63, 3.8) is 0 Å². The molecule has 0 saturated heterocycles. The Balaban J connectivity index is 1.70. The summed E-state index contributed by atoms with van der Waals surface area (Å²) in [7, 11) is 0. The summed E-state index contributed by atoms with van der Waals surface area (Å²) < 4.78 is 11.3. The lowest BCUT2D eigenvalue weighted by atomic mass is 10.0. The number of nitrogens with zero attached hydrogens (tertiary/aromatic N) is 1. The van der Waals surface area contributed by atoms with E-state index in [-0.39, 0.29) is 17.9 Å². The second-order valence-electron chi connectivity index (χ2n) is 8.54. The van der Waals surface area contributed by atoms with Crippen LogP contribution in [0.4, 0.5) is 0 Å². The number of ether oxygens (including phenoxy) is 2. The summed E-state index contributed by atoms with van der Waals surface area (Å²) in [5, 5.41) is 3.06. The standard InChI is InChI=1S/C27H36N2O4/c1-4-20(3)28-27(31)23(5-2)29(16-15-21-9-7-6-8-10-21)26(30)14-12-22-11-13-24-25(19-22)33-18-17-32-24/h6-11,13,19-20,23H,4-5,12,14-18H2,1-3H3,(H,28,31)/t20-,23+/m1/s1. The van der Waals surface area contributed by atoms with Gasteiger partial charge in [0.05, 0.1) is 0 Å². The maximum atomic E-state index is 13.4. The molecule has 0 aromatic heterocycles. The minimum atomic E-state index is -0.476. The molecule has 178 valence electrons. The average Bonchev–Trinajstić information content (AvgIpc) is 2.85. The van der Waals surface area contributed by atoms with Gasteiger partial charge in [-0.1, -0.05) is 50.2 Å². The summed E-state index contributed by atoms with van der Waals surface area (Å²) in [5.74, 6) is 1.39. The van der Waals surface area contributed by atoms with E-state index in [2.05, 4.69) is 17.4 Å². The second-order valence-corrected chi connectivity index (χ2v) is 8.54. The molecule has 0 fully saturated rings. The molecule has 1 heterocycles. The van der Waals surface area contributed by atoms with Crippen LogP contribution in [-0.2, 0) is 22.4 Å². The van der Waals surface area contributed by atoms with E-state index in [0.29, 0.717) is 45.4 Å². The number of benzene rings is 2. The highest BCUT2D eigenvalue weighted by atomic mass is 16.6. The lowest BCUT2D eigenvalue weighted by molar-refractivity contribution is -0.141. The van der Waals surface area contributed by atoms with E-state index in [1.54, 1.807) is 4.90 Å². The van der Waals surface area contributed by atoms with E-state index >= 15 is 0 Å². The van der Waals surface area contributed by atoms with Gasteiger partial charge < -0.3 is 19.7 Å². The Hall–Kier alpha value is -3.02. The zero-order valence-electron chi connectivity index (χ0n) is 20.0. The first-order chi connectivity index (χ1) is 16.0. The first kappa shape index (κ1) is 24.6. The van der Waals surface area contributed by atoms with Crippen molar-refractivity contribution in [3.05, 3.63) is 59.7 Å². The van der Waals surface area contributed by atoms with Crippen molar-refractivity contribution in [1.82, 2.24) is 10.2 Å². The number of rotatable bonds is 11. The van der Waals surface area contributed by atoms with Gasteiger partial charge in [-0.05, 0) is 55.9 Å². The lowest BCUT2D eigenvalue weighted by Crippen LogP contribution is -2.51. The van der Waals surface area contributed by atoms with Crippen molar-refractivity contribution < 1.29 is 19.1 Å². The number of hydrogen-bond acceptors (Lipinski definition) is 4. The molecule has 2 aromatic rings. The largest absolute Gasteiger partial charge is 0.486 e. The highest BCUT2D eigenvalue weighted by molar-refractivity contribution is 5.88. The molecule has 1 N–H and O–H groups in total. The van der Waals surface area contributed by atoms with E-state index in [1.807, 2.05) is 57.2 Å². The minimum Gasteiger partial charge on any atom is -0.486 e. The van der Waals surface area contributed by atoms with Gasteiger partial charge in [-0.3, -0.25) is 9.59 Å². The number of carbonyl (C=O) groups is 2. The van der Waals surface area contributed by atoms with Crippen LogP contribution in [0.3, 0.4) is 0 Å². The van der Waals surface area contributed by atoms with E-state index in [1.165, 1.54) is 0 Å². The molecular weight excluding hydrogens is 416 g/mol. The van der Waals surface area contributed by atoms with Crippen molar-refractivity contribution in [3.8, 4) is 11.5 Å². The van der Waals surface area contributed by atoms with Gasteiger partial charge in [0, 0.05) is 19.0 Å². The molecule has 0 aliphatic carbocycles. The van der Waals surface area contributed by atoms with Crippen LogP contribution in [0.1, 0.15) is 51.2 Å². The summed E-state index contributed by atoms with van der Waals surface area (Å²) in [6.45, 7) is 7.59. The van der Waals surface area contributed by atoms with Crippen LogP contribution in [0.25, 0.3) is 0 Å². The van der Waals surface area contributed by atoms with Crippen LogP contribution in [0.5, 0.6) is 11.5 Å². The fraction of sp³-hybridized carbons (Fsp3) is 0.481. The minimum absolute atomic E-state index is 0.00743. The topological polar surface area (TPSA) is 67.9 Å². The monoisotopic (exact) mass is 452 g/mol. The number of fused-ring (bicyclic) bond motifs is 1. The molecule has 1 aliphatic rings. The van der Waals surface area contributed by atoms with Gasteiger partial charge in [-0.25, -0.2) is 0 Å². The lowest BCUT2D eigenvalue weighted by Gasteiger charge is -2.31. The molecule has 0 saturated carbocycles. The van der Waals surface area contributed by atoms with Crippen molar-refractivity contribution >= 4 is 11.8 Å². The van der Waals surface area contributed by atoms with Gasteiger partial charge in [-0.2, -0.15) is 0 Å². The van der Waals surface area contributed by atoms with Crippen LogP contribution in [0.2, 0.25) is 0 Å². The number of carbonyl (C=O) groups excluding carboxylic acids is 2. The van der Waals surface area contributed by atoms with Crippen LogP contribution >= 0.6 is 0 Å². The van der Waals surface area contributed by atoms with Crippen molar-refractivity contribution in [2.45, 2.75) is 65.0 Å². The predicted molar refractivity (Wildman–Crippen MR) is 130 cm³/mol. The van der Waals surface area contributed by atoms with Gasteiger partial charge in [0.25, 0.3) is 0 Å².